The third kappa shape index (κ3) is 7.38. The van der Waals surface area contributed by atoms with Crippen molar-refractivity contribution < 1.29 is 24.2 Å². The van der Waals surface area contributed by atoms with Gasteiger partial charge in [-0.3, -0.25) is 9.59 Å². The number of hydrogen-bond donors (Lipinski definition) is 3. The Morgan fingerprint density at radius 2 is 1.74 bits per heavy atom. The first-order chi connectivity index (χ1) is 12.5. The molecule has 150 valence electrons. The molecule has 0 radical (unpaired) electrons. The minimum atomic E-state index is -1.32. The molecule has 4 N–H and O–H groups in total. The highest BCUT2D eigenvalue weighted by Crippen LogP contribution is 2.29. The molecule has 0 aromatic heterocycles. The number of benzene rings is 1. The van der Waals surface area contributed by atoms with Crippen LogP contribution in [-0.2, 0) is 25.5 Å². The van der Waals surface area contributed by atoms with E-state index in [0.717, 1.165) is 5.56 Å². The zero-order valence-electron chi connectivity index (χ0n) is 16.5. The van der Waals surface area contributed by atoms with Crippen molar-refractivity contribution in [3.8, 4) is 0 Å². The molecule has 0 fully saturated rings. The van der Waals surface area contributed by atoms with Crippen molar-refractivity contribution in [2.24, 2.45) is 11.1 Å². The zero-order chi connectivity index (χ0) is 20.7. The lowest BCUT2D eigenvalue weighted by Crippen LogP contribution is -2.60. The minimum absolute atomic E-state index is 0.0795. The van der Waals surface area contributed by atoms with Crippen LogP contribution in [0.3, 0.4) is 0 Å². The van der Waals surface area contributed by atoms with E-state index in [1.807, 2.05) is 51.1 Å². The summed E-state index contributed by atoms with van der Waals surface area (Å²) in [5.74, 6) is -2.45. The lowest BCUT2D eigenvalue weighted by atomic mass is 9.79. The van der Waals surface area contributed by atoms with E-state index >= 15 is 0 Å². The molecular formula is C20H30N2O5. The molecule has 0 saturated heterocycles. The standard InChI is InChI=1S/C20H30N2O5/c1-19(2,3)10-11-20(18(26)27-4,13-14-8-6-5-7-9-14)22-17(25)15(21)12-16(23)24/h5-9,15H,10-13,21H2,1-4H3,(H,22,25)(H,23,24). The first-order valence-corrected chi connectivity index (χ1v) is 8.91. The molecule has 0 aliphatic rings. The summed E-state index contributed by atoms with van der Waals surface area (Å²) in [6, 6.07) is 8.02. The Labute approximate surface area is 160 Å². The van der Waals surface area contributed by atoms with E-state index in [0.29, 0.717) is 12.8 Å². The summed E-state index contributed by atoms with van der Waals surface area (Å²) >= 11 is 0. The summed E-state index contributed by atoms with van der Waals surface area (Å²) in [4.78, 5) is 36.1. The second-order valence-electron chi connectivity index (χ2n) is 7.99. The van der Waals surface area contributed by atoms with E-state index in [9.17, 15) is 14.4 Å². The number of methoxy groups -OCH3 is 1. The first kappa shape index (κ1) is 22.6. The van der Waals surface area contributed by atoms with Gasteiger partial charge in [-0.05, 0) is 23.8 Å². The second kappa shape index (κ2) is 9.50. The highest BCUT2D eigenvalue weighted by atomic mass is 16.5. The predicted molar refractivity (Wildman–Crippen MR) is 102 cm³/mol. The molecule has 1 rings (SSSR count). The Morgan fingerprint density at radius 3 is 2.22 bits per heavy atom. The Bertz CT molecular complexity index is 654. The maximum Gasteiger partial charge on any atom is 0.331 e. The van der Waals surface area contributed by atoms with Crippen molar-refractivity contribution in [3.05, 3.63) is 35.9 Å². The van der Waals surface area contributed by atoms with Crippen LogP contribution in [0.4, 0.5) is 0 Å². The molecule has 1 aromatic carbocycles. The zero-order valence-corrected chi connectivity index (χ0v) is 16.5. The van der Waals surface area contributed by atoms with E-state index in [2.05, 4.69) is 5.32 Å². The van der Waals surface area contributed by atoms with Crippen LogP contribution in [-0.4, -0.2) is 41.6 Å². The highest BCUT2D eigenvalue weighted by Gasteiger charge is 2.42. The quantitative estimate of drug-likeness (QED) is 0.565. The van der Waals surface area contributed by atoms with Crippen LogP contribution in [0.25, 0.3) is 0 Å². The number of aliphatic carboxylic acids is 1. The van der Waals surface area contributed by atoms with Crippen LogP contribution >= 0.6 is 0 Å². The molecule has 1 aromatic rings. The van der Waals surface area contributed by atoms with Crippen molar-refractivity contribution in [1.82, 2.24) is 5.32 Å². The minimum Gasteiger partial charge on any atom is -0.481 e. The van der Waals surface area contributed by atoms with Crippen LogP contribution in [0.1, 0.15) is 45.6 Å². The number of carbonyl (C=O) groups excluding carboxylic acids is 2. The van der Waals surface area contributed by atoms with Crippen molar-refractivity contribution in [3.63, 3.8) is 0 Å². The Balaban J connectivity index is 3.21. The van der Waals surface area contributed by atoms with Crippen LogP contribution < -0.4 is 11.1 Å². The van der Waals surface area contributed by atoms with Crippen LogP contribution in [0, 0.1) is 5.41 Å². The number of hydrogen-bond acceptors (Lipinski definition) is 5. The van der Waals surface area contributed by atoms with Crippen molar-refractivity contribution in [1.29, 1.82) is 0 Å². The first-order valence-electron chi connectivity index (χ1n) is 8.91. The summed E-state index contributed by atoms with van der Waals surface area (Å²) in [6.07, 6.45) is 0.683. The van der Waals surface area contributed by atoms with Gasteiger partial charge in [0.05, 0.1) is 19.6 Å². The van der Waals surface area contributed by atoms with Crippen molar-refractivity contribution >= 4 is 17.8 Å². The third-order valence-electron chi connectivity index (χ3n) is 4.32. The number of ether oxygens (including phenoxy) is 1. The molecule has 0 aliphatic heterocycles. The fraction of sp³-hybridized carbons (Fsp3) is 0.550. The number of carboxylic acids is 1. The van der Waals surface area contributed by atoms with Gasteiger partial charge in [-0.25, -0.2) is 4.79 Å². The Morgan fingerprint density at radius 1 is 1.15 bits per heavy atom. The van der Waals surface area contributed by atoms with Gasteiger partial charge in [0.1, 0.15) is 5.54 Å². The number of carbonyl (C=O) groups is 3. The summed E-state index contributed by atoms with van der Waals surface area (Å²) in [5, 5.41) is 11.6. The lowest BCUT2D eigenvalue weighted by Gasteiger charge is -2.35. The molecule has 0 saturated carbocycles. The molecule has 7 nitrogen and oxygen atoms in total. The van der Waals surface area contributed by atoms with Gasteiger partial charge in [0.15, 0.2) is 0 Å². The largest absolute Gasteiger partial charge is 0.481 e. The summed E-state index contributed by atoms with van der Waals surface area (Å²) in [6.45, 7) is 6.11. The average Bonchev–Trinajstić information content (AvgIpc) is 2.58. The molecule has 2 unspecified atom stereocenters. The lowest BCUT2D eigenvalue weighted by molar-refractivity contribution is -0.152. The van der Waals surface area contributed by atoms with E-state index < -0.39 is 35.8 Å². The number of amides is 1. The maximum atomic E-state index is 12.7. The summed E-state index contributed by atoms with van der Waals surface area (Å²) in [5.41, 5.74) is 5.15. The monoisotopic (exact) mass is 378 g/mol. The Kier molecular flexibility index (Phi) is 7.97. The average molecular weight is 378 g/mol. The topological polar surface area (TPSA) is 119 Å². The van der Waals surface area contributed by atoms with Gasteiger partial charge in [0.25, 0.3) is 0 Å². The number of esters is 1. The maximum absolute atomic E-state index is 12.7. The van der Waals surface area contributed by atoms with Crippen LogP contribution in [0.5, 0.6) is 0 Å². The number of nitrogens with one attached hydrogen (secondary N) is 1. The van der Waals surface area contributed by atoms with Gasteiger partial charge >= 0.3 is 11.9 Å². The molecule has 0 bridgehead atoms. The van der Waals surface area contributed by atoms with E-state index in [1.54, 1.807) is 0 Å². The van der Waals surface area contributed by atoms with Gasteiger partial charge in [-0.1, -0.05) is 51.1 Å². The summed E-state index contributed by atoms with van der Waals surface area (Å²) in [7, 11) is 1.27. The Hall–Kier alpha value is -2.41. The number of carboxylic acid groups (broad SMARTS) is 1. The third-order valence-corrected chi connectivity index (χ3v) is 4.32. The smallest absolute Gasteiger partial charge is 0.331 e. The van der Waals surface area contributed by atoms with Crippen molar-refractivity contribution in [2.45, 2.75) is 58.0 Å². The van der Waals surface area contributed by atoms with Crippen LogP contribution in [0.2, 0.25) is 0 Å². The van der Waals surface area contributed by atoms with E-state index in [1.165, 1.54) is 7.11 Å². The molecule has 0 aliphatic carbocycles. The van der Waals surface area contributed by atoms with Gasteiger partial charge in [0, 0.05) is 6.42 Å². The van der Waals surface area contributed by atoms with E-state index in [4.69, 9.17) is 15.6 Å². The number of rotatable bonds is 9. The van der Waals surface area contributed by atoms with Crippen molar-refractivity contribution in [2.75, 3.05) is 7.11 Å². The van der Waals surface area contributed by atoms with E-state index in [-0.39, 0.29) is 11.8 Å². The predicted octanol–water partition coefficient (Wildman–Crippen LogP) is 1.89. The van der Waals surface area contributed by atoms with Gasteiger partial charge in [-0.2, -0.15) is 0 Å². The molecule has 7 heteroatoms. The van der Waals surface area contributed by atoms with Gasteiger partial charge in [0.2, 0.25) is 5.91 Å². The summed E-state index contributed by atoms with van der Waals surface area (Å²) < 4.78 is 5.00. The number of nitrogens with two attached hydrogens (primary N) is 1. The SMILES string of the molecule is COC(=O)C(CCC(C)(C)C)(Cc1ccccc1)NC(=O)C(N)CC(=O)O. The molecule has 27 heavy (non-hydrogen) atoms. The highest BCUT2D eigenvalue weighted by molar-refractivity contribution is 5.92. The molecule has 0 spiro atoms. The second-order valence-corrected chi connectivity index (χ2v) is 7.99. The molecule has 0 heterocycles. The van der Waals surface area contributed by atoms with Gasteiger partial charge in [-0.15, -0.1) is 0 Å². The van der Waals surface area contributed by atoms with Crippen LogP contribution in [0.15, 0.2) is 30.3 Å². The molecule has 1 amide bonds. The normalized spacial score (nSPS) is 14.7. The van der Waals surface area contributed by atoms with Gasteiger partial charge < -0.3 is 20.9 Å². The fourth-order valence-electron chi connectivity index (χ4n) is 2.76. The molecule has 2 atom stereocenters. The fourth-order valence-corrected chi connectivity index (χ4v) is 2.76. The molecular weight excluding hydrogens is 348 g/mol.